The third-order valence-electron chi connectivity index (χ3n) is 6.43. The van der Waals surface area contributed by atoms with Crippen LogP contribution in [0.2, 0.25) is 5.02 Å². The minimum Gasteiger partial charge on any atom is -0.378 e. The SMILES string of the molecule is CCN(CC)c1ccc(/C=C2\CCC(/C=N/NC(=O)Nc3cccc(Cl)c3)=C2N2CCOCC2)cc1. The van der Waals surface area contributed by atoms with E-state index in [1.807, 2.05) is 0 Å². The second-order valence-corrected chi connectivity index (χ2v) is 9.18. The van der Waals surface area contributed by atoms with Crippen molar-refractivity contribution in [2.75, 3.05) is 49.6 Å². The molecule has 2 aliphatic rings. The van der Waals surface area contributed by atoms with Crippen LogP contribution in [0.1, 0.15) is 32.3 Å². The van der Waals surface area contributed by atoms with Gasteiger partial charge in [0, 0.05) is 48.3 Å². The van der Waals surface area contributed by atoms with Crippen LogP contribution >= 0.6 is 11.6 Å². The van der Waals surface area contributed by atoms with E-state index in [0.29, 0.717) is 23.9 Å². The lowest BCUT2D eigenvalue weighted by atomic mass is 10.1. The van der Waals surface area contributed by atoms with Crippen LogP contribution in [0.15, 0.2) is 70.5 Å². The zero-order valence-electron chi connectivity index (χ0n) is 21.0. The van der Waals surface area contributed by atoms with Gasteiger partial charge in [0.15, 0.2) is 0 Å². The van der Waals surface area contributed by atoms with Crippen molar-refractivity contribution in [1.82, 2.24) is 10.3 Å². The fourth-order valence-electron chi connectivity index (χ4n) is 4.64. The molecule has 0 unspecified atom stereocenters. The van der Waals surface area contributed by atoms with Gasteiger partial charge in [-0.05, 0) is 79.8 Å². The lowest BCUT2D eigenvalue weighted by molar-refractivity contribution is 0.0548. The summed E-state index contributed by atoms with van der Waals surface area (Å²) in [5.74, 6) is 0. The lowest BCUT2D eigenvalue weighted by Gasteiger charge is -2.31. The van der Waals surface area contributed by atoms with E-state index in [1.54, 1.807) is 30.5 Å². The van der Waals surface area contributed by atoms with Gasteiger partial charge in [0.2, 0.25) is 0 Å². The number of nitrogens with one attached hydrogen (secondary N) is 2. The molecule has 1 heterocycles. The van der Waals surface area contributed by atoms with Crippen molar-refractivity contribution in [3.63, 3.8) is 0 Å². The Labute approximate surface area is 218 Å². The van der Waals surface area contributed by atoms with Crippen LogP contribution in [0.4, 0.5) is 16.2 Å². The second kappa shape index (κ2) is 12.6. The third kappa shape index (κ3) is 6.68. The first-order valence-electron chi connectivity index (χ1n) is 12.5. The van der Waals surface area contributed by atoms with E-state index >= 15 is 0 Å². The zero-order chi connectivity index (χ0) is 25.3. The Morgan fingerprint density at radius 1 is 1.11 bits per heavy atom. The fraction of sp³-hybridized carbons (Fsp3) is 0.357. The molecule has 1 aliphatic heterocycles. The number of nitrogens with zero attached hydrogens (tertiary/aromatic N) is 3. The number of hydrogen-bond donors (Lipinski definition) is 2. The van der Waals surface area contributed by atoms with Crippen LogP contribution in [0.3, 0.4) is 0 Å². The van der Waals surface area contributed by atoms with Crippen molar-refractivity contribution < 1.29 is 9.53 Å². The van der Waals surface area contributed by atoms with Crippen molar-refractivity contribution in [3.05, 3.63) is 76.0 Å². The highest BCUT2D eigenvalue weighted by Gasteiger charge is 2.25. The van der Waals surface area contributed by atoms with Gasteiger partial charge >= 0.3 is 6.03 Å². The molecule has 0 aromatic heterocycles. The molecule has 0 saturated carbocycles. The van der Waals surface area contributed by atoms with E-state index < -0.39 is 6.03 Å². The number of urea groups is 1. The average molecular weight is 508 g/mol. The number of carbonyl (C=O) groups is 1. The molecule has 190 valence electrons. The van der Waals surface area contributed by atoms with E-state index in [-0.39, 0.29) is 0 Å². The molecule has 7 nitrogen and oxygen atoms in total. The first kappa shape index (κ1) is 25.8. The number of halogens is 1. The second-order valence-electron chi connectivity index (χ2n) is 8.74. The highest BCUT2D eigenvalue weighted by atomic mass is 35.5. The van der Waals surface area contributed by atoms with Crippen LogP contribution in [0, 0.1) is 0 Å². The van der Waals surface area contributed by atoms with Gasteiger partial charge in [-0.2, -0.15) is 5.10 Å². The molecular weight excluding hydrogens is 474 g/mol. The molecule has 1 fully saturated rings. The Bertz CT molecular complexity index is 1130. The first-order valence-corrected chi connectivity index (χ1v) is 12.9. The van der Waals surface area contributed by atoms with Crippen molar-refractivity contribution in [3.8, 4) is 0 Å². The van der Waals surface area contributed by atoms with Gasteiger partial charge in [-0.15, -0.1) is 0 Å². The molecule has 1 saturated heterocycles. The van der Waals surface area contributed by atoms with Gasteiger partial charge in [-0.3, -0.25) is 0 Å². The Hall–Kier alpha value is -3.29. The van der Waals surface area contributed by atoms with E-state index in [0.717, 1.165) is 44.6 Å². The molecule has 0 radical (unpaired) electrons. The van der Waals surface area contributed by atoms with Crippen molar-refractivity contribution in [2.45, 2.75) is 26.7 Å². The van der Waals surface area contributed by atoms with Crippen molar-refractivity contribution in [1.29, 1.82) is 0 Å². The standard InChI is InChI=1S/C28H34ClN5O2/c1-3-33(4-2)26-12-8-21(9-13-26)18-22-10-11-23(27(22)34-14-16-36-17-15-34)20-30-32-28(35)31-25-7-5-6-24(29)19-25/h5-9,12-13,18-20H,3-4,10-11,14-17H2,1-2H3,(H2,31,32,35)/b22-18+,30-20+. The molecule has 2 aromatic rings. The summed E-state index contributed by atoms with van der Waals surface area (Å²) in [6.45, 7) is 9.44. The number of morpholine rings is 1. The summed E-state index contributed by atoms with van der Waals surface area (Å²) < 4.78 is 5.59. The van der Waals surface area contributed by atoms with Crippen LogP contribution in [-0.4, -0.2) is 56.5 Å². The molecule has 2 N–H and O–H groups in total. The number of amides is 2. The quantitative estimate of drug-likeness (QED) is 0.352. The molecular formula is C28H34ClN5O2. The summed E-state index contributed by atoms with van der Waals surface area (Å²) in [5, 5.41) is 7.54. The number of ether oxygens (including phenoxy) is 1. The number of hydrogen-bond acceptors (Lipinski definition) is 5. The number of allylic oxidation sites excluding steroid dienone is 2. The molecule has 4 rings (SSSR count). The van der Waals surface area contributed by atoms with Crippen LogP contribution < -0.4 is 15.6 Å². The minimum absolute atomic E-state index is 0.413. The summed E-state index contributed by atoms with van der Waals surface area (Å²) in [6, 6.07) is 15.3. The van der Waals surface area contributed by atoms with Crippen LogP contribution in [0.5, 0.6) is 0 Å². The van der Waals surface area contributed by atoms with Crippen molar-refractivity contribution >= 4 is 41.3 Å². The molecule has 8 heteroatoms. The number of rotatable bonds is 8. The Morgan fingerprint density at radius 3 is 2.56 bits per heavy atom. The maximum Gasteiger partial charge on any atom is 0.339 e. The normalized spacial score (nSPS) is 17.2. The summed E-state index contributed by atoms with van der Waals surface area (Å²) in [7, 11) is 0. The highest BCUT2D eigenvalue weighted by Crippen LogP contribution is 2.35. The van der Waals surface area contributed by atoms with Crippen LogP contribution in [0.25, 0.3) is 6.08 Å². The molecule has 2 aromatic carbocycles. The summed E-state index contributed by atoms with van der Waals surface area (Å²) in [5.41, 5.74) is 9.21. The summed E-state index contributed by atoms with van der Waals surface area (Å²) in [4.78, 5) is 17.0. The van der Waals surface area contributed by atoms with Gasteiger partial charge in [0.1, 0.15) is 0 Å². The van der Waals surface area contributed by atoms with Gasteiger partial charge in [-0.25, -0.2) is 10.2 Å². The smallest absolute Gasteiger partial charge is 0.339 e. The van der Waals surface area contributed by atoms with E-state index in [9.17, 15) is 4.79 Å². The Balaban J connectivity index is 1.50. The van der Waals surface area contributed by atoms with Gasteiger partial charge in [0.25, 0.3) is 0 Å². The summed E-state index contributed by atoms with van der Waals surface area (Å²) >= 11 is 5.99. The molecule has 36 heavy (non-hydrogen) atoms. The zero-order valence-corrected chi connectivity index (χ0v) is 21.7. The summed E-state index contributed by atoms with van der Waals surface area (Å²) in [6.07, 6.45) is 5.85. The maximum absolute atomic E-state index is 12.3. The largest absolute Gasteiger partial charge is 0.378 e. The van der Waals surface area contributed by atoms with Gasteiger partial charge in [0.05, 0.1) is 19.4 Å². The van der Waals surface area contributed by atoms with Crippen molar-refractivity contribution in [2.24, 2.45) is 5.10 Å². The number of anilines is 2. The monoisotopic (exact) mass is 507 g/mol. The first-order chi connectivity index (χ1) is 17.6. The highest BCUT2D eigenvalue weighted by molar-refractivity contribution is 6.30. The van der Waals surface area contributed by atoms with E-state index in [1.165, 1.54) is 22.5 Å². The number of carbonyl (C=O) groups excluding carboxylic acids is 1. The lowest BCUT2D eigenvalue weighted by Crippen LogP contribution is -2.36. The predicted octanol–water partition coefficient (Wildman–Crippen LogP) is 5.76. The average Bonchev–Trinajstić information content (AvgIpc) is 3.28. The maximum atomic E-state index is 12.3. The number of hydrazone groups is 1. The predicted molar refractivity (Wildman–Crippen MR) is 149 cm³/mol. The number of benzene rings is 2. The molecule has 1 aliphatic carbocycles. The third-order valence-corrected chi connectivity index (χ3v) is 6.67. The van der Waals surface area contributed by atoms with Crippen LogP contribution in [-0.2, 0) is 4.74 Å². The molecule has 0 atom stereocenters. The molecule has 0 spiro atoms. The Morgan fingerprint density at radius 2 is 1.86 bits per heavy atom. The minimum atomic E-state index is -0.413. The molecule has 2 amide bonds. The van der Waals surface area contributed by atoms with E-state index in [4.69, 9.17) is 16.3 Å². The Kier molecular flexibility index (Phi) is 9.03. The fourth-order valence-corrected chi connectivity index (χ4v) is 4.83. The van der Waals surface area contributed by atoms with Gasteiger partial charge < -0.3 is 19.9 Å². The van der Waals surface area contributed by atoms with E-state index in [2.05, 4.69) is 69.8 Å². The van der Waals surface area contributed by atoms with Gasteiger partial charge in [-0.1, -0.05) is 29.8 Å². The molecule has 0 bridgehead atoms. The topological polar surface area (TPSA) is 69.2 Å².